The van der Waals surface area contributed by atoms with Gasteiger partial charge < -0.3 is 9.72 Å². The molecule has 0 atom stereocenters. The molecule has 0 unspecified atom stereocenters. The molecule has 3 aromatic rings. The van der Waals surface area contributed by atoms with Gasteiger partial charge in [-0.3, -0.25) is 4.79 Å². The van der Waals surface area contributed by atoms with E-state index in [1.807, 2.05) is 66.2 Å². The van der Waals surface area contributed by atoms with Gasteiger partial charge in [0.05, 0.1) is 5.69 Å². The third-order valence-corrected chi connectivity index (χ3v) is 3.47. The summed E-state index contributed by atoms with van der Waals surface area (Å²) in [6.07, 6.45) is 4.69. The average molecular weight is 279 g/mol. The van der Waals surface area contributed by atoms with Crippen LogP contribution in [0.1, 0.15) is 21.6 Å². The minimum Gasteiger partial charge on any atom is -0.352 e. The van der Waals surface area contributed by atoms with Crippen LogP contribution in [0.5, 0.6) is 0 Å². The van der Waals surface area contributed by atoms with E-state index in [1.165, 1.54) is 0 Å². The number of carbonyl (C=O) groups is 1. The summed E-state index contributed by atoms with van der Waals surface area (Å²) in [6, 6.07) is 13.5. The molecule has 4 heteroatoms. The number of fused-ring (bicyclic) bond motifs is 1. The predicted octanol–water partition coefficient (Wildman–Crippen LogP) is 2.62. The lowest BCUT2D eigenvalue weighted by atomic mass is 10.1. The maximum absolute atomic E-state index is 12.1. The normalized spacial score (nSPS) is 10.7. The van der Waals surface area contributed by atoms with Crippen molar-refractivity contribution in [1.29, 1.82) is 0 Å². The molecule has 1 amide bonds. The lowest BCUT2D eigenvalue weighted by Gasteiger charge is -2.06. The lowest BCUT2D eigenvalue weighted by Crippen LogP contribution is -2.26. The lowest BCUT2D eigenvalue weighted by molar-refractivity contribution is 0.0953. The van der Waals surface area contributed by atoms with Gasteiger partial charge in [0.25, 0.3) is 5.91 Å². The van der Waals surface area contributed by atoms with Crippen LogP contribution in [0, 0.1) is 6.92 Å². The Morgan fingerprint density at radius 2 is 2.00 bits per heavy atom. The van der Waals surface area contributed by atoms with Gasteiger partial charge in [0.15, 0.2) is 0 Å². The molecule has 0 radical (unpaired) electrons. The van der Waals surface area contributed by atoms with E-state index in [1.54, 1.807) is 0 Å². The quantitative estimate of drug-likeness (QED) is 0.798. The van der Waals surface area contributed by atoms with Gasteiger partial charge in [0.2, 0.25) is 0 Å². The topological polar surface area (TPSA) is 46.4 Å². The van der Waals surface area contributed by atoms with Gasteiger partial charge in [0, 0.05) is 30.9 Å². The molecule has 106 valence electrons. The zero-order chi connectivity index (χ0) is 14.7. The summed E-state index contributed by atoms with van der Waals surface area (Å²) in [6.45, 7) is 2.52. The fraction of sp³-hybridized carbons (Fsp3) is 0.176. The Bertz CT molecular complexity index is 743. The van der Waals surface area contributed by atoms with Crippen molar-refractivity contribution in [2.75, 3.05) is 6.54 Å². The zero-order valence-electron chi connectivity index (χ0n) is 11.9. The van der Waals surface area contributed by atoms with E-state index in [2.05, 4.69) is 10.3 Å². The summed E-state index contributed by atoms with van der Waals surface area (Å²) < 4.78 is 1.98. The number of imidazole rings is 1. The predicted molar refractivity (Wildman–Crippen MR) is 82.4 cm³/mol. The van der Waals surface area contributed by atoms with Crippen LogP contribution < -0.4 is 5.32 Å². The van der Waals surface area contributed by atoms with Crippen molar-refractivity contribution >= 4 is 11.6 Å². The van der Waals surface area contributed by atoms with Gasteiger partial charge in [-0.25, -0.2) is 4.98 Å². The van der Waals surface area contributed by atoms with Crippen LogP contribution >= 0.6 is 0 Å². The molecular weight excluding hydrogens is 262 g/mol. The first-order valence-electron chi connectivity index (χ1n) is 7.00. The molecule has 0 aliphatic carbocycles. The second-order valence-corrected chi connectivity index (χ2v) is 5.02. The Hall–Kier alpha value is -2.62. The highest BCUT2D eigenvalue weighted by Gasteiger charge is 2.07. The minimum atomic E-state index is -0.0307. The molecule has 0 saturated carbocycles. The van der Waals surface area contributed by atoms with E-state index in [0.717, 1.165) is 28.9 Å². The number of nitrogens with zero attached hydrogens (tertiary/aromatic N) is 2. The molecule has 0 fully saturated rings. The highest BCUT2D eigenvalue weighted by molar-refractivity contribution is 5.95. The van der Waals surface area contributed by atoms with E-state index in [-0.39, 0.29) is 5.91 Å². The summed E-state index contributed by atoms with van der Waals surface area (Å²) in [5.74, 6) is -0.0307. The summed E-state index contributed by atoms with van der Waals surface area (Å²) in [4.78, 5) is 16.6. The standard InChI is InChI=1S/C17H17N3O/c1-13-6-2-3-7-15(13)17(21)18-10-9-14-12-20-11-5-4-8-16(20)19-14/h2-8,11-12H,9-10H2,1H3,(H,18,21). The van der Waals surface area contributed by atoms with Crippen LogP contribution in [-0.2, 0) is 6.42 Å². The number of pyridine rings is 1. The first-order chi connectivity index (χ1) is 10.2. The Labute approximate surface area is 123 Å². The Kier molecular flexibility index (Phi) is 3.69. The van der Waals surface area contributed by atoms with Gasteiger partial charge in [-0.2, -0.15) is 0 Å². The van der Waals surface area contributed by atoms with Crippen molar-refractivity contribution in [1.82, 2.24) is 14.7 Å². The summed E-state index contributed by atoms with van der Waals surface area (Å²) in [5, 5.41) is 2.94. The molecule has 0 aliphatic rings. The van der Waals surface area contributed by atoms with Crippen LogP contribution in [0.25, 0.3) is 5.65 Å². The number of rotatable bonds is 4. The van der Waals surface area contributed by atoms with Crippen LogP contribution in [0.4, 0.5) is 0 Å². The number of aromatic nitrogens is 2. The van der Waals surface area contributed by atoms with E-state index >= 15 is 0 Å². The largest absolute Gasteiger partial charge is 0.352 e. The maximum atomic E-state index is 12.1. The number of hydrogen-bond acceptors (Lipinski definition) is 2. The minimum absolute atomic E-state index is 0.0307. The van der Waals surface area contributed by atoms with Gasteiger partial charge >= 0.3 is 0 Å². The van der Waals surface area contributed by atoms with Crippen LogP contribution in [0.2, 0.25) is 0 Å². The first kappa shape index (κ1) is 13.4. The van der Waals surface area contributed by atoms with E-state index < -0.39 is 0 Å². The molecule has 3 rings (SSSR count). The summed E-state index contributed by atoms with van der Waals surface area (Å²) >= 11 is 0. The molecule has 21 heavy (non-hydrogen) atoms. The average Bonchev–Trinajstić information content (AvgIpc) is 2.90. The number of carbonyl (C=O) groups excluding carboxylic acids is 1. The molecule has 1 aromatic carbocycles. The molecular formula is C17H17N3O. The molecule has 0 aliphatic heterocycles. The number of aryl methyl sites for hydroxylation is 1. The number of amides is 1. The molecule has 0 bridgehead atoms. The number of nitrogens with one attached hydrogen (secondary N) is 1. The second kappa shape index (κ2) is 5.79. The van der Waals surface area contributed by atoms with Crippen LogP contribution in [0.15, 0.2) is 54.9 Å². The van der Waals surface area contributed by atoms with Crippen molar-refractivity contribution < 1.29 is 4.79 Å². The Morgan fingerprint density at radius 3 is 2.81 bits per heavy atom. The van der Waals surface area contributed by atoms with Crippen molar-refractivity contribution in [3.05, 3.63) is 71.7 Å². The van der Waals surface area contributed by atoms with E-state index in [0.29, 0.717) is 6.54 Å². The maximum Gasteiger partial charge on any atom is 0.251 e. The summed E-state index contributed by atoms with van der Waals surface area (Å²) in [5.41, 5.74) is 3.62. The third kappa shape index (κ3) is 2.94. The monoisotopic (exact) mass is 279 g/mol. The van der Waals surface area contributed by atoms with E-state index in [9.17, 15) is 4.79 Å². The highest BCUT2D eigenvalue weighted by Crippen LogP contribution is 2.07. The smallest absolute Gasteiger partial charge is 0.251 e. The Balaban J connectivity index is 1.61. The molecule has 0 saturated heterocycles. The number of benzene rings is 1. The zero-order valence-corrected chi connectivity index (χ0v) is 11.9. The second-order valence-electron chi connectivity index (χ2n) is 5.02. The number of hydrogen-bond donors (Lipinski definition) is 1. The van der Waals surface area contributed by atoms with Gasteiger partial charge in [0.1, 0.15) is 5.65 Å². The first-order valence-corrected chi connectivity index (χ1v) is 7.00. The SMILES string of the molecule is Cc1ccccc1C(=O)NCCc1cn2ccccc2n1. The van der Waals surface area contributed by atoms with E-state index in [4.69, 9.17) is 0 Å². The molecule has 2 aromatic heterocycles. The van der Waals surface area contributed by atoms with Gasteiger partial charge in [-0.05, 0) is 30.7 Å². The highest BCUT2D eigenvalue weighted by atomic mass is 16.1. The van der Waals surface area contributed by atoms with Gasteiger partial charge in [-0.15, -0.1) is 0 Å². The van der Waals surface area contributed by atoms with Crippen LogP contribution in [-0.4, -0.2) is 21.8 Å². The van der Waals surface area contributed by atoms with Gasteiger partial charge in [-0.1, -0.05) is 24.3 Å². The Morgan fingerprint density at radius 1 is 1.19 bits per heavy atom. The summed E-state index contributed by atoms with van der Waals surface area (Å²) in [7, 11) is 0. The molecule has 4 nitrogen and oxygen atoms in total. The molecule has 2 heterocycles. The fourth-order valence-corrected chi connectivity index (χ4v) is 2.33. The third-order valence-electron chi connectivity index (χ3n) is 3.47. The van der Waals surface area contributed by atoms with Crippen molar-refractivity contribution in [2.45, 2.75) is 13.3 Å². The van der Waals surface area contributed by atoms with Crippen molar-refractivity contribution in [3.63, 3.8) is 0 Å². The fourth-order valence-electron chi connectivity index (χ4n) is 2.33. The molecule has 1 N–H and O–H groups in total. The van der Waals surface area contributed by atoms with Crippen LogP contribution in [0.3, 0.4) is 0 Å². The molecule has 0 spiro atoms. The van der Waals surface area contributed by atoms with Crippen molar-refractivity contribution in [2.24, 2.45) is 0 Å². The van der Waals surface area contributed by atoms with Crippen molar-refractivity contribution in [3.8, 4) is 0 Å².